The third-order valence-corrected chi connectivity index (χ3v) is 2.67. The van der Waals surface area contributed by atoms with Gasteiger partial charge in [0, 0.05) is 17.6 Å². The summed E-state index contributed by atoms with van der Waals surface area (Å²) in [5.74, 6) is 0.799. The molecule has 84 valence electrons. The second-order valence-electron chi connectivity index (χ2n) is 3.64. The van der Waals surface area contributed by atoms with Crippen molar-refractivity contribution in [3.63, 3.8) is 0 Å². The molecule has 0 saturated heterocycles. The molecule has 0 aliphatic rings. The van der Waals surface area contributed by atoms with E-state index in [0.717, 1.165) is 22.7 Å². The number of hydrogen-bond donors (Lipinski definition) is 0. The van der Waals surface area contributed by atoms with Crippen molar-refractivity contribution in [2.75, 3.05) is 7.11 Å². The van der Waals surface area contributed by atoms with Gasteiger partial charge in [-0.1, -0.05) is 11.6 Å². The first-order chi connectivity index (χ1) is 7.61. The Hall–Kier alpha value is -1.48. The van der Waals surface area contributed by atoms with Gasteiger partial charge >= 0.3 is 0 Å². The van der Waals surface area contributed by atoms with Crippen molar-refractivity contribution < 1.29 is 4.74 Å². The number of nitrogens with zero attached hydrogens (tertiary/aromatic N) is 2. The average molecular weight is 237 g/mol. The van der Waals surface area contributed by atoms with Gasteiger partial charge in [-0.2, -0.15) is 5.10 Å². The third-order valence-electron chi connectivity index (χ3n) is 2.44. The Morgan fingerprint density at radius 2 is 2.06 bits per heavy atom. The summed E-state index contributed by atoms with van der Waals surface area (Å²) < 4.78 is 7.14. The van der Waals surface area contributed by atoms with Crippen LogP contribution >= 0.6 is 11.6 Å². The molecule has 4 heteroatoms. The first-order valence-electron chi connectivity index (χ1n) is 4.96. The maximum atomic E-state index is 6.00. The zero-order chi connectivity index (χ0) is 11.7. The van der Waals surface area contributed by atoms with E-state index in [2.05, 4.69) is 5.10 Å². The molecule has 0 spiro atoms. The molecule has 0 saturated carbocycles. The SMILES string of the molecule is COc1ccc(Cl)cc1-c1cc(C)nn1C. The predicted molar refractivity (Wildman–Crippen MR) is 64.9 cm³/mol. The van der Waals surface area contributed by atoms with Gasteiger partial charge in [-0.25, -0.2) is 0 Å². The Morgan fingerprint density at radius 1 is 1.31 bits per heavy atom. The summed E-state index contributed by atoms with van der Waals surface area (Å²) in [5.41, 5.74) is 2.93. The molecule has 0 N–H and O–H groups in total. The van der Waals surface area contributed by atoms with Gasteiger partial charge in [-0.05, 0) is 31.2 Å². The highest BCUT2D eigenvalue weighted by Gasteiger charge is 2.11. The van der Waals surface area contributed by atoms with Crippen LogP contribution in [0.3, 0.4) is 0 Å². The van der Waals surface area contributed by atoms with Crippen molar-refractivity contribution in [2.24, 2.45) is 7.05 Å². The van der Waals surface area contributed by atoms with Gasteiger partial charge in [0.1, 0.15) is 5.75 Å². The highest BCUT2D eigenvalue weighted by Crippen LogP contribution is 2.32. The summed E-state index contributed by atoms with van der Waals surface area (Å²) in [7, 11) is 3.55. The molecule has 0 amide bonds. The normalized spacial score (nSPS) is 10.5. The van der Waals surface area contributed by atoms with Crippen LogP contribution in [0.25, 0.3) is 11.3 Å². The maximum absolute atomic E-state index is 6.00. The number of aromatic nitrogens is 2. The lowest BCUT2D eigenvalue weighted by atomic mass is 10.1. The molecular formula is C12H13ClN2O. The predicted octanol–water partition coefficient (Wildman–Crippen LogP) is 3.06. The van der Waals surface area contributed by atoms with E-state index in [9.17, 15) is 0 Å². The fourth-order valence-electron chi connectivity index (χ4n) is 1.74. The minimum atomic E-state index is 0.689. The summed E-state index contributed by atoms with van der Waals surface area (Å²) in [4.78, 5) is 0. The third kappa shape index (κ3) is 1.91. The maximum Gasteiger partial charge on any atom is 0.128 e. The standard InChI is InChI=1S/C12H13ClN2O/c1-8-6-11(15(2)14-8)10-7-9(13)4-5-12(10)16-3/h4-7H,1-3H3. The topological polar surface area (TPSA) is 27.1 Å². The van der Waals surface area contributed by atoms with E-state index >= 15 is 0 Å². The lowest BCUT2D eigenvalue weighted by molar-refractivity contribution is 0.416. The minimum Gasteiger partial charge on any atom is -0.496 e. The fraction of sp³-hybridized carbons (Fsp3) is 0.250. The van der Waals surface area contributed by atoms with Crippen LogP contribution in [0, 0.1) is 6.92 Å². The van der Waals surface area contributed by atoms with Crippen LogP contribution in [0.1, 0.15) is 5.69 Å². The van der Waals surface area contributed by atoms with Gasteiger partial charge in [0.2, 0.25) is 0 Å². The van der Waals surface area contributed by atoms with Crippen LogP contribution in [-0.2, 0) is 7.05 Å². The smallest absolute Gasteiger partial charge is 0.128 e. The van der Waals surface area contributed by atoms with Crippen LogP contribution in [-0.4, -0.2) is 16.9 Å². The number of aryl methyl sites for hydroxylation is 2. The molecule has 0 aliphatic heterocycles. The van der Waals surface area contributed by atoms with Crippen LogP contribution in [0.4, 0.5) is 0 Å². The number of halogens is 1. The molecule has 2 rings (SSSR count). The van der Waals surface area contributed by atoms with Crippen molar-refractivity contribution in [3.05, 3.63) is 35.0 Å². The first kappa shape index (κ1) is 11.0. The van der Waals surface area contributed by atoms with Crippen LogP contribution in [0.15, 0.2) is 24.3 Å². The summed E-state index contributed by atoms with van der Waals surface area (Å²) >= 11 is 6.00. The van der Waals surface area contributed by atoms with Crippen molar-refractivity contribution in [1.29, 1.82) is 0 Å². The Balaban J connectivity index is 2.62. The minimum absolute atomic E-state index is 0.689. The Labute approximate surface area is 99.6 Å². The molecule has 0 atom stereocenters. The van der Waals surface area contributed by atoms with Crippen LogP contribution in [0.5, 0.6) is 5.75 Å². The van der Waals surface area contributed by atoms with E-state index in [1.165, 1.54) is 0 Å². The summed E-state index contributed by atoms with van der Waals surface area (Å²) in [6.07, 6.45) is 0. The van der Waals surface area contributed by atoms with E-state index in [0.29, 0.717) is 5.02 Å². The molecule has 0 bridgehead atoms. The molecular weight excluding hydrogens is 224 g/mol. The van der Waals surface area contributed by atoms with Crippen molar-refractivity contribution >= 4 is 11.6 Å². The van der Waals surface area contributed by atoms with Gasteiger partial charge in [0.15, 0.2) is 0 Å². The summed E-state index contributed by atoms with van der Waals surface area (Å²) in [6.45, 7) is 1.96. The first-order valence-corrected chi connectivity index (χ1v) is 5.34. The molecule has 1 aromatic carbocycles. The zero-order valence-corrected chi connectivity index (χ0v) is 10.2. The second kappa shape index (κ2) is 4.18. The van der Waals surface area contributed by atoms with Gasteiger partial charge in [-0.15, -0.1) is 0 Å². The molecule has 0 unspecified atom stereocenters. The van der Waals surface area contributed by atoms with E-state index in [1.54, 1.807) is 7.11 Å². The van der Waals surface area contributed by atoms with Gasteiger partial charge < -0.3 is 4.74 Å². The molecule has 2 aromatic rings. The molecule has 16 heavy (non-hydrogen) atoms. The molecule has 1 aromatic heterocycles. The van der Waals surface area contributed by atoms with Crippen molar-refractivity contribution in [3.8, 4) is 17.0 Å². The molecule has 3 nitrogen and oxygen atoms in total. The highest BCUT2D eigenvalue weighted by atomic mass is 35.5. The number of methoxy groups -OCH3 is 1. The zero-order valence-electron chi connectivity index (χ0n) is 9.49. The molecule has 0 radical (unpaired) electrons. The second-order valence-corrected chi connectivity index (χ2v) is 4.08. The molecule has 0 fully saturated rings. The highest BCUT2D eigenvalue weighted by molar-refractivity contribution is 6.30. The monoisotopic (exact) mass is 236 g/mol. The van der Waals surface area contributed by atoms with E-state index in [4.69, 9.17) is 16.3 Å². The van der Waals surface area contributed by atoms with Crippen LogP contribution < -0.4 is 4.74 Å². The van der Waals surface area contributed by atoms with Gasteiger partial charge in [0.05, 0.1) is 18.5 Å². The van der Waals surface area contributed by atoms with Crippen molar-refractivity contribution in [2.45, 2.75) is 6.92 Å². The summed E-state index contributed by atoms with van der Waals surface area (Å²) in [6, 6.07) is 7.57. The lowest BCUT2D eigenvalue weighted by Gasteiger charge is -2.08. The van der Waals surface area contributed by atoms with E-state index in [1.807, 2.05) is 42.9 Å². The Kier molecular flexibility index (Phi) is 2.88. The average Bonchev–Trinajstić information content (AvgIpc) is 2.57. The largest absolute Gasteiger partial charge is 0.496 e. The lowest BCUT2D eigenvalue weighted by Crippen LogP contribution is -1.96. The molecule has 0 aliphatic carbocycles. The number of benzene rings is 1. The fourth-order valence-corrected chi connectivity index (χ4v) is 1.92. The number of ether oxygens (including phenoxy) is 1. The van der Waals surface area contributed by atoms with E-state index in [-0.39, 0.29) is 0 Å². The van der Waals surface area contributed by atoms with Gasteiger partial charge in [-0.3, -0.25) is 4.68 Å². The van der Waals surface area contributed by atoms with E-state index < -0.39 is 0 Å². The van der Waals surface area contributed by atoms with Gasteiger partial charge in [0.25, 0.3) is 0 Å². The Bertz CT molecular complexity index is 520. The quantitative estimate of drug-likeness (QED) is 0.801. The molecule has 1 heterocycles. The Morgan fingerprint density at radius 3 is 2.62 bits per heavy atom. The number of hydrogen-bond acceptors (Lipinski definition) is 2. The summed E-state index contributed by atoms with van der Waals surface area (Å²) in [5, 5.41) is 5.00. The van der Waals surface area contributed by atoms with Crippen molar-refractivity contribution in [1.82, 2.24) is 9.78 Å². The van der Waals surface area contributed by atoms with Crippen LogP contribution in [0.2, 0.25) is 5.02 Å². The number of rotatable bonds is 2.